The highest BCUT2D eigenvalue weighted by Crippen LogP contribution is 2.36. The van der Waals surface area contributed by atoms with Crippen molar-refractivity contribution in [3.63, 3.8) is 0 Å². The smallest absolute Gasteiger partial charge is 0.253 e. The number of anilines is 1. The topological polar surface area (TPSA) is 58.1 Å². The molecule has 134 valence electrons. The van der Waals surface area contributed by atoms with E-state index in [-0.39, 0.29) is 5.91 Å². The Labute approximate surface area is 157 Å². The molecule has 26 heavy (non-hydrogen) atoms. The molecule has 0 aliphatic carbocycles. The number of nitrogens with zero attached hydrogens (tertiary/aromatic N) is 3. The van der Waals surface area contributed by atoms with Crippen LogP contribution in [0.3, 0.4) is 0 Å². The number of carbonyl (C=O) groups excluding carboxylic acids is 1. The predicted molar refractivity (Wildman–Crippen MR) is 106 cm³/mol. The highest BCUT2D eigenvalue weighted by Gasteiger charge is 2.24. The van der Waals surface area contributed by atoms with Crippen LogP contribution in [0.4, 0.5) is 5.82 Å². The van der Waals surface area contributed by atoms with Crippen molar-refractivity contribution >= 4 is 33.3 Å². The normalized spacial score (nSPS) is 14.2. The van der Waals surface area contributed by atoms with E-state index < -0.39 is 0 Å². The molecule has 5 nitrogen and oxygen atoms in total. The van der Waals surface area contributed by atoms with Gasteiger partial charge in [0.25, 0.3) is 5.91 Å². The van der Waals surface area contributed by atoms with Crippen LogP contribution >= 0.6 is 11.3 Å². The molecule has 6 heteroatoms. The molecule has 0 bridgehead atoms. The average Bonchev–Trinajstić information content (AvgIpc) is 3.26. The molecule has 1 aromatic carbocycles. The Bertz CT molecular complexity index is 960. The summed E-state index contributed by atoms with van der Waals surface area (Å²) in [6.07, 6.45) is 3.95. The van der Waals surface area contributed by atoms with Gasteiger partial charge >= 0.3 is 0 Å². The summed E-state index contributed by atoms with van der Waals surface area (Å²) in [5.74, 6) is 0.850. The standard InChI is InChI=1S/C20H22N4OS/c1-13-6-5-7-15(10-13)11-21-19(25)16-14(2)26-20-17(16)18(22-12-23-20)24-8-3-4-9-24/h5-7,10,12H,3-4,8-9,11H2,1-2H3,(H,21,25). The van der Waals surface area contributed by atoms with Crippen molar-refractivity contribution in [3.05, 3.63) is 52.2 Å². The Kier molecular flexibility index (Phi) is 4.59. The number of aryl methyl sites for hydroxylation is 2. The number of fused-ring (bicyclic) bond motifs is 1. The van der Waals surface area contributed by atoms with Gasteiger partial charge in [0, 0.05) is 24.5 Å². The second kappa shape index (κ2) is 7.03. The Morgan fingerprint density at radius 3 is 2.81 bits per heavy atom. The average molecular weight is 366 g/mol. The maximum Gasteiger partial charge on any atom is 0.253 e. The summed E-state index contributed by atoms with van der Waals surface area (Å²) in [4.78, 5) is 26.1. The van der Waals surface area contributed by atoms with E-state index in [2.05, 4.69) is 39.2 Å². The van der Waals surface area contributed by atoms with Crippen molar-refractivity contribution in [3.8, 4) is 0 Å². The SMILES string of the molecule is Cc1cccc(CNC(=O)c2c(C)sc3ncnc(N4CCCC4)c23)c1. The molecule has 0 spiro atoms. The fourth-order valence-corrected chi connectivity index (χ4v) is 4.55. The molecule has 1 aliphatic rings. The van der Waals surface area contributed by atoms with Crippen LogP contribution in [0.5, 0.6) is 0 Å². The molecule has 1 aliphatic heterocycles. The number of thiophene rings is 1. The van der Waals surface area contributed by atoms with Crippen molar-refractivity contribution in [1.82, 2.24) is 15.3 Å². The zero-order valence-electron chi connectivity index (χ0n) is 15.1. The van der Waals surface area contributed by atoms with Gasteiger partial charge in [-0.1, -0.05) is 29.8 Å². The van der Waals surface area contributed by atoms with Crippen LogP contribution < -0.4 is 10.2 Å². The number of carbonyl (C=O) groups is 1. The summed E-state index contributed by atoms with van der Waals surface area (Å²) in [6, 6.07) is 8.20. The van der Waals surface area contributed by atoms with Crippen LogP contribution in [-0.2, 0) is 6.54 Å². The van der Waals surface area contributed by atoms with E-state index in [1.54, 1.807) is 17.7 Å². The first kappa shape index (κ1) is 17.0. The van der Waals surface area contributed by atoms with Gasteiger partial charge in [0.1, 0.15) is 17.0 Å². The molecule has 0 saturated carbocycles. The van der Waals surface area contributed by atoms with Gasteiger partial charge in [0.15, 0.2) is 0 Å². The van der Waals surface area contributed by atoms with Gasteiger partial charge < -0.3 is 10.2 Å². The highest BCUT2D eigenvalue weighted by atomic mass is 32.1. The van der Waals surface area contributed by atoms with E-state index in [0.717, 1.165) is 45.1 Å². The lowest BCUT2D eigenvalue weighted by atomic mass is 10.1. The summed E-state index contributed by atoms with van der Waals surface area (Å²) in [6.45, 7) is 6.55. The number of amides is 1. The number of hydrogen-bond acceptors (Lipinski definition) is 5. The molecular weight excluding hydrogens is 344 g/mol. The van der Waals surface area contributed by atoms with Crippen molar-refractivity contribution in [2.75, 3.05) is 18.0 Å². The second-order valence-electron chi connectivity index (χ2n) is 6.78. The Hall–Kier alpha value is -2.47. The summed E-state index contributed by atoms with van der Waals surface area (Å²) in [7, 11) is 0. The third-order valence-corrected chi connectivity index (χ3v) is 5.83. The van der Waals surface area contributed by atoms with Gasteiger partial charge in [0.2, 0.25) is 0 Å². The molecular formula is C20H22N4OS. The lowest BCUT2D eigenvalue weighted by Crippen LogP contribution is -2.24. The summed E-state index contributed by atoms with van der Waals surface area (Å²) >= 11 is 1.57. The van der Waals surface area contributed by atoms with Gasteiger partial charge in [-0.05, 0) is 32.3 Å². The Morgan fingerprint density at radius 2 is 2.04 bits per heavy atom. The molecule has 2 aromatic heterocycles. The zero-order chi connectivity index (χ0) is 18.1. The Morgan fingerprint density at radius 1 is 1.23 bits per heavy atom. The number of benzene rings is 1. The minimum Gasteiger partial charge on any atom is -0.356 e. The molecule has 0 atom stereocenters. The predicted octanol–water partition coefficient (Wildman–Crippen LogP) is 3.84. The summed E-state index contributed by atoms with van der Waals surface area (Å²) in [5, 5.41) is 3.97. The molecule has 1 amide bonds. The van der Waals surface area contributed by atoms with Crippen LogP contribution in [-0.4, -0.2) is 29.0 Å². The highest BCUT2D eigenvalue weighted by molar-refractivity contribution is 7.19. The van der Waals surface area contributed by atoms with Crippen LogP contribution in [0.2, 0.25) is 0 Å². The molecule has 4 rings (SSSR count). The van der Waals surface area contributed by atoms with Gasteiger partial charge in [-0.3, -0.25) is 4.79 Å². The van der Waals surface area contributed by atoms with Crippen LogP contribution in [0.25, 0.3) is 10.2 Å². The molecule has 1 saturated heterocycles. The summed E-state index contributed by atoms with van der Waals surface area (Å²) < 4.78 is 0. The first-order valence-electron chi connectivity index (χ1n) is 8.96. The lowest BCUT2D eigenvalue weighted by Gasteiger charge is -2.17. The quantitative estimate of drug-likeness (QED) is 0.762. The van der Waals surface area contributed by atoms with Gasteiger partial charge in [-0.2, -0.15) is 0 Å². The van der Waals surface area contributed by atoms with Gasteiger partial charge in [-0.25, -0.2) is 9.97 Å². The third-order valence-electron chi connectivity index (χ3n) is 4.81. The molecule has 3 heterocycles. The van der Waals surface area contributed by atoms with E-state index in [9.17, 15) is 4.79 Å². The van der Waals surface area contributed by atoms with E-state index in [0.29, 0.717) is 6.54 Å². The lowest BCUT2D eigenvalue weighted by molar-refractivity contribution is 0.0952. The van der Waals surface area contributed by atoms with E-state index in [1.165, 1.54) is 18.4 Å². The third kappa shape index (κ3) is 3.17. The van der Waals surface area contributed by atoms with Crippen molar-refractivity contribution in [2.45, 2.75) is 33.2 Å². The first-order valence-corrected chi connectivity index (χ1v) is 9.78. The van der Waals surface area contributed by atoms with Crippen LogP contribution in [0, 0.1) is 13.8 Å². The summed E-state index contributed by atoms with van der Waals surface area (Å²) in [5.41, 5.74) is 3.02. The second-order valence-corrected chi connectivity index (χ2v) is 7.98. The number of aromatic nitrogens is 2. The van der Waals surface area contributed by atoms with Crippen molar-refractivity contribution in [1.29, 1.82) is 0 Å². The van der Waals surface area contributed by atoms with Crippen molar-refractivity contribution < 1.29 is 4.79 Å². The van der Waals surface area contributed by atoms with Gasteiger partial charge in [-0.15, -0.1) is 11.3 Å². The van der Waals surface area contributed by atoms with E-state index >= 15 is 0 Å². The number of nitrogens with one attached hydrogen (secondary N) is 1. The molecule has 1 N–H and O–H groups in total. The fraction of sp³-hybridized carbons (Fsp3) is 0.350. The van der Waals surface area contributed by atoms with E-state index in [4.69, 9.17) is 0 Å². The number of hydrogen-bond donors (Lipinski definition) is 1. The largest absolute Gasteiger partial charge is 0.356 e. The fourth-order valence-electron chi connectivity index (χ4n) is 3.56. The van der Waals surface area contributed by atoms with E-state index in [1.807, 2.05) is 19.1 Å². The monoisotopic (exact) mass is 366 g/mol. The molecule has 3 aromatic rings. The van der Waals surface area contributed by atoms with Crippen molar-refractivity contribution in [2.24, 2.45) is 0 Å². The Balaban J connectivity index is 1.66. The molecule has 1 fully saturated rings. The zero-order valence-corrected chi connectivity index (χ0v) is 15.9. The molecule has 0 radical (unpaired) electrons. The maximum absolute atomic E-state index is 13.0. The van der Waals surface area contributed by atoms with Crippen LogP contribution in [0.1, 0.15) is 39.2 Å². The van der Waals surface area contributed by atoms with Crippen LogP contribution in [0.15, 0.2) is 30.6 Å². The minimum absolute atomic E-state index is 0.0505. The molecule has 0 unspecified atom stereocenters. The number of rotatable bonds is 4. The van der Waals surface area contributed by atoms with Gasteiger partial charge in [0.05, 0.1) is 10.9 Å². The maximum atomic E-state index is 13.0. The first-order chi connectivity index (χ1) is 12.6. The minimum atomic E-state index is -0.0505.